The molecular formula is C15H22N4. The van der Waals surface area contributed by atoms with Gasteiger partial charge in [0.15, 0.2) is 5.96 Å². The average molecular weight is 258 g/mol. The molecule has 102 valence electrons. The highest BCUT2D eigenvalue weighted by Gasteiger charge is 1.99. The number of terminal acetylenes is 1. The van der Waals surface area contributed by atoms with Crippen LogP contribution in [0.15, 0.2) is 29.3 Å². The molecule has 0 unspecified atom stereocenters. The van der Waals surface area contributed by atoms with E-state index in [-0.39, 0.29) is 0 Å². The summed E-state index contributed by atoms with van der Waals surface area (Å²) in [7, 11) is 4.06. The lowest BCUT2D eigenvalue weighted by Crippen LogP contribution is -2.37. The Kier molecular flexibility index (Phi) is 6.31. The number of nitrogens with zero attached hydrogens (tertiary/aromatic N) is 2. The first-order chi connectivity index (χ1) is 9.17. The Morgan fingerprint density at radius 2 is 2.16 bits per heavy atom. The minimum atomic E-state index is 0.476. The van der Waals surface area contributed by atoms with Gasteiger partial charge in [0.2, 0.25) is 0 Å². The first-order valence-electron chi connectivity index (χ1n) is 6.39. The molecule has 2 N–H and O–H groups in total. The summed E-state index contributed by atoms with van der Waals surface area (Å²) in [6.07, 6.45) is 5.23. The lowest BCUT2D eigenvalue weighted by molar-refractivity contribution is 0.865. The van der Waals surface area contributed by atoms with E-state index in [2.05, 4.69) is 44.6 Å². The lowest BCUT2D eigenvalue weighted by atomic mass is 10.2. The van der Waals surface area contributed by atoms with E-state index in [0.717, 1.165) is 12.5 Å². The summed E-state index contributed by atoms with van der Waals surface area (Å²) in [5.41, 5.74) is 2.35. The highest BCUT2D eigenvalue weighted by Crippen LogP contribution is 2.13. The quantitative estimate of drug-likeness (QED) is 0.477. The third-order valence-corrected chi connectivity index (χ3v) is 2.55. The Balaban J connectivity index is 2.71. The highest BCUT2D eigenvalue weighted by atomic mass is 15.2. The van der Waals surface area contributed by atoms with Crippen LogP contribution in [0.5, 0.6) is 0 Å². The van der Waals surface area contributed by atoms with Gasteiger partial charge in [-0.15, -0.1) is 6.42 Å². The molecule has 0 aliphatic rings. The number of guanidine groups is 1. The van der Waals surface area contributed by atoms with Crippen LogP contribution in [-0.2, 0) is 6.54 Å². The molecule has 0 amide bonds. The smallest absolute Gasteiger partial charge is 0.192 e. The van der Waals surface area contributed by atoms with E-state index in [1.54, 1.807) is 0 Å². The number of anilines is 1. The van der Waals surface area contributed by atoms with Gasteiger partial charge in [-0.3, -0.25) is 0 Å². The molecular weight excluding hydrogens is 236 g/mol. The summed E-state index contributed by atoms with van der Waals surface area (Å²) in [5.74, 6) is 3.29. The van der Waals surface area contributed by atoms with Crippen LogP contribution in [-0.4, -0.2) is 33.1 Å². The van der Waals surface area contributed by atoms with Crippen LogP contribution in [0.1, 0.15) is 12.5 Å². The fraction of sp³-hybridized carbons (Fsp3) is 0.400. The maximum absolute atomic E-state index is 5.23. The summed E-state index contributed by atoms with van der Waals surface area (Å²) >= 11 is 0. The second-order valence-electron chi connectivity index (χ2n) is 4.32. The van der Waals surface area contributed by atoms with Crippen molar-refractivity contribution in [3.63, 3.8) is 0 Å². The maximum atomic E-state index is 5.23. The van der Waals surface area contributed by atoms with Crippen molar-refractivity contribution in [2.75, 3.05) is 32.1 Å². The third-order valence-electron chi connectivity index (χ3n) is 2.55. The van der Waals surface area contributed by atoms with Crippen molar-refractivity contribution in [2.45, 2.75) is 13.5 Å². The molecule has 0 bridgehead atoms. The van der Waals surface area contributed by atoms with Crippen molar-refractivity contribution in [3.05, 3.63) is 29.8 Å². The van der Waals surface area contributed by atoms with Gasteiger partial charge in [-0.05, 0) is 24.6 Å². The number of benzene rings is 1. The van der Waals surface area contributed by atoms with E-state index in [0.29, 0.717) is 13.1 Å². The van der Waals surface area contributed by atoms with Gasteiger partial charge < -0.3 is 15.5 Å². The second kappa shape index (κ2) is 8.04. The van der Waals surface area contributed by atoms with Crippen LogP contribution in [0, 0.1) is 12.3 Å². The normalized spacial score (nSPS) is 10.7. The average Bonchev–Trinajstić information content (AvgIpc) is 2.42. The van der Waals surface area contributed by atoms with Crippen LogP contribution in [0.25, 0.3) is 0 Å². The molecule has 0 heterocycles. The number of hydrogen-bond donors (Lipinski definition) is 2. The second-order valence-corrected chi connectivity index (χ2v) is 4.32. The Bertz CT molecular complexity index is 457. The van der Waals surface area contributed by atoms with E-state index in [9.17, 15) is 0 Å². The van der Waals surface area contributed by atoms with Gasteiger partial charge in [-0.1, -0.05) is 18.1 Å². The molecule has 4 nitrogen and oxygen atoms in total. The van der Waals surface area contributed by atoms with Crippen LogP contribution in [0.4, 0.5) is 5.69 Å². The summed E-state index contributed by atoms with van der Waals surface area (Å²) in [6, 6.07) is 8.33. The number of nitrogens with one attached hydrogen (secondary N) is 2. The van der Waals surface area contributed by atoms with Crippen molar-refractivity contribution in [3.8, 4) is 12.3 Å². The maximum Gasteiger partial charge on any atom is 0.192 e. The van der Waals surface area contributed by atoms with Crippen LogP contribution >= 0.6 is 0 Å². The summed E-state index contributed by atoms with van der Waals surface area (Å²) in [4.78, 5) is 6.58. The fourth-order valence-electron chi connectivity index (χ4n) is 1.58. The van der Waals surface area contributed by atoms with Gasteiger partial charge in [0.25, 0.3) is 0 Å². The molecule has 0 aliphatic carbocycles. The van der Waals surface area contributed by atoms with Crippen molar-refractivity contribution >= 4 is 11.6 Å². The molecule has 0 radical (unpaired) electrons. The molecule has 0 aromatic heterocycles. The molecule has 4 heteroatoms. The molecule has 19 heavy (non-hydrogen) atoms. The fourth-order valence-corrected chi connectivity index (χ4v) is 1.58. The molecule has 0 saturated carbocycles. The Morgan fingerprint density at radius 3 is 2.79 bits per heavy atom. The molecule has 0 spiro atoms. The zero-order valence-corrected chi connectivity index (χ0v) is 11.9. The first kappa shape index (κ1) is 14.9. The molecule has 0 fully saturated rings. The topological polar surface area (TPSA) is 39.7 Å². The zero-order chi connectivity index (χ0) is 14.1. The largest absolute Gasteiger partial charge is 0.378 e. The van der Waals surface area contributed by atoms with Gasteiger partial charge >= 0.3 is 0 Å². The summed E-state index contributed by atoms with van der Waals surface area (Å²) < 4.78 is 0. The lowest BCUT2D eigenvalue weighted by Gasteiger charge is -2.13. The number of hydrogen-bond acceptors (Lipinski definition) is 2. The predicted molar refractivity (Wildman–Crippen MR) is 82.4 cm³/mol. The van der Waals surface area contributed by atoms with Gasteiger partial charge in [0, 0.05) is 26.3 Å². The van der Waals surface area contributed by atoms with Gasteiger partial charge in [-0.25, -0.2) is 4.99 Å². The van der Waals surface area contributed by atoms with E-state index in [4.69, 9.17) is 6.42 Å². The van der Waals surface area contributed by atoms with E-state index < -0.39 is 0 Å². The third kappa shape index (κ3) is 5.35. The summed E-state index contributed by atoms with van der Waals surface area (Å²) in [6.45, 7) is 3.94. The van der Waals surface area contributed by atoms with Crippen LogP contribution in [0.3, 0.4) is 0 Å². The van der Waals surface area contributed by atoms with Gasteiger partial charge in [0.05, 0.1) is 13.1 Å². The molecule has 1 aromatic carbocycles. The van der Waals surface area contributed by atoms with Crippen LogP contribution < -0.4 is 15.5 Å². The number of rotatable bonds is 5. The van der Waals surface area contributed by atoms with Gasteiger partial charge in [-0.2, -0.15) is 0 Å². The first-order valence-corrected chi connectivity index (χ1v) is 6.39. The van der Waals surface area contributed by atoms with E-state index in [1.807, 2.05) is 27.1 Å². The number of aliphatic imine (C=N–C) groups is 1. The zero-order valence-electron chi connectivity index (χ0n) is 11.9. The highest BCUT2D eigenvalue weighted by molar-refractivity contribution is 5.80. The standard InChI is InChI=1S/C15H22N4/c1-5-10-17-15(16-6-2)18-12-13-8-7-9-14(11-13)19(3)4/h1,7-9,11H,6,10,12H2,2-4H3,(H2,16,17,18). The van der Waals surface area contributed by atoms with Crippen molar-refractivity contribution in [1.82, 2.24) is 10.6 Å². The predicted octanol–water partition coefficient (Wildman–Crippen LogP) is 1.44. The minimum Gasteiger partial charge on any atom is -0.378 e. The van der Waals surface area contributed by atoms with E-state index >= 15 is 0 Å². The summed E-state index contributed by atoms with van der Waals surface area (Å²) in [5, 5.41) is 6.23. The molecule has 1 aromatic rings. The Labute approximate surface area is 115 Å². The monoisotopic (exact) mass is 258 g/mol. The van der Waals surface area contributed by atoms with Crippen molar-refractivity contribution in [2.24, 2.45) is 4.99 Å². The van der Waals surface area contributed by atoms with Gasteiger partial charge in [0.1, 0.15) is 0 Å². The molecule has 0 atom stereocenters. The molecule has 1 rings (SSSR count). The Morgan fingerprint density at radius 1 is 1.37 bits per heavy atom. The van der Waals surface area contributed by atoms with Crippen LogP contribution in [0.2, 0.25) is 0 Å². The molecule has 0 aliphatic heterocycles. The van der Waals surface area contributed by atoms with Crippen molar-refractivity contribution in [1.29, 1.82) is 0 Å². The SMILES string of the molecule is C#CCNC(=NCc1cccc(N(C)C)c1)NCC. The van der Waals surface area contributed by atoms with Crippen molar-refractivity contribution < 1.29 is 0 Å². The molecule has 0 saturated heterocycles. The minimum absolute atomic E-state index is 0.476. The van der Waals surface area contributed by atoms with E-state index in [1.165, 1.54) is 11.3 Å². The Hall–Kier alpha value is -2.15.